The van der Waals surface area contributed by atoms with Gasteiger partial charge in [0.05, 0.1) is 0 Å². The van der Waals surface area contributed by atoms with Gasteiger partial charge in [0.25, 0.3) is 0 Å². The molecule has 0 aliphatic carbocycles. The summed E-state index contributed by atoms with van der Waals surface area (Å²) in [6, 6.07) is 9.97. The van der Waals surface area contributed by atoms with Gasteiger partial charge in [-0.1, -0.05) is 18.2 Å². The average Bonchev–Trinajstić information content (AvgIpc) is 2.45. The topological polar surface area (TPSA) is 53.4 Å². The van der Waals surface area contributed by atoms with Crippen LogP contribution in [0.25, 0.3) is 0 Å². The van der Waals surface area contributed by atoms with E-state index < -0.39 is 5.97 Å². The fourth-order valence-corrected chi connectivity index (χ4v) is 3.03. The van der Waals surface area contributed by atoms with Crippen LogP contribution in [0.4, 0.5) is 11.5 Å². The highest BCUT2D eigenvalue weighted by Crippen LogP contribution is 2.35. The van der Waals surface area contributed by atoms with Crippen molar-refractivity contribution in [1.82, 2.24) is 4.98 Å². The highest BCUT2D eigenvalue weighted by atomic mass is 16.4. The molecule has 2 heterocycles. The zero-order valence-corrected chi connectivity index (χ0v) is 12.3. The summed E-state index contributed by atoms with van der Waals surface area (Å²) in [5.41, 5.74) is 4.23. The molecule has 4 nitrogen and oxygen atoms in total. The molecule has 0 unspecified atom stereocenters. The molecule has 1 aromatic carbocycles. The van der Waals surface area contributed by atoms with E-state index in [2.05, 4.69) is 11.1 Å². The molecule has 21 heavy (non-hydrogen) atoms. The second-order valence-corrected chi connectivity index (χ2v) is 5.47. The molecule has 0 amide bonds. The van der Waals surface area contributed by atoms with Gasteiger partial charge in [0.2, 0.25) is 0 Å². The van der Waals surface area contributed by atoms with E-state index >= 15 is 0 Å². The van der Waals surface area contributed by atoms with Crippen molar-refractivity contribution in [3.8, 4) is 0 Å². The lowest BCUT2D eigenvalue weighted by Gasteiger charge is -2.31. The summed E-state index contributed by atoms with van der Waals surface area (Å²) in [7, 11) is 0. The van der Waals surface area contributed by atoms with Crippen LogP contribution in [0, 0.1) is 13.8 Å². The monoisotopic (exact) mass is 282 g/mol. The van der Waals surface area contributed by atoms with Crippen molar-refractivity contribution in [3.05, 3.63) is 52.7 Å². The highest BCUT2D eigenvalue weighted by Gasteiger charge is 2.25. The Hall–Kier alpha value is -2.36. The van der Waals surface area contributed by atoms with Crippen molar-refractivity contribution in [2.24, 2.45) is 0 Å². The van der Waals surface area contributed by atoms with Gasteiger partial charge in [-0.2, -0.15) is 0 Å². The second-order valence-electron chi connectivity index (χ2n) is 5.47. The SMILES string of the molecule is Cc1cc(C)c(C(=O)O)c(N2CCCc3ccccc32)n1. The Kier molecular flexibility index (Phi) is 3.37. The van der Waals surface area contributed by atoms with Crippen LogP contribution < -0.4 is 4.90 Å². The Morgan fingerprint density at radius 3 is 2.81 bits per heavy atom. The van der Waals surface area contributed by atoms with Gasteiger partial charge in [0.15, 0.2) is 0 Å². The summed E-state index contributed by atoms with van der Waals surface area (Å²) >= 11 is 0. The summed E-state index contributed by atoms with van der Waals surface area (Å²) in [5, 5.41) is 9.55. The number of aryl methyl sites for hydroxylation is 3. The van der Waals surface area contributed by atoms with Gasteiger partial charge in [-0.3, -0.25) is 0 Å². The van der Waals surface area contributed by atoms with Crippen LogP contribution in [-0.2, 0) is 6.42 Å². The number of hydrogen-bond acceptors (Lipinski definition) is 3. The summed E-state index contributed by atoms with van der Waals surface area (Å²) < 4.78 is 0. The number of carboxylic acid groups (broad SMARTS) is 1. The fraction of sp³-hybridized carbons (Fsp3) is 0.294. The van der Waals surface area contributed by atoms with Crippen molar-refractivity contribution in [1.29, 1.82) is 0 Å². The van der Waals surface area contributed by atoms with E-state index in [0.29, 0.717) is 11.4 Å². The van der Waals surface area contributed by atoms with Crippen LogP contribution in [0.2, 0.25) is 0 Å². The lowest BCUT2D eigenvalue weighted by atomic mass is 10.0. The molecule has 0 bridgehead atoms. The molecule has 4 heteroatoms. The number of para-hydroxylation sites is 1. The number of hydrogen-bond donors (Lipinski definition) is 1. The maximum Gasteiger partial charge on any atom is 0.339 e. The molecule has 0 atom stereocenters. The molecule has 1 N–H and O–H groups in total. The van der Waals surface area contributed by atoms with Gasteiger partial charge >= 0.3 is 5.97 Å². The van der Waals surface area contributed by atoms with E-state index in [-0.39, 0.29) is 0 Å². The number of fused-ring (bicyclic) bond motifs is 1. The minimum absolute atomic E-state index is 0.303. The maximum absolute atomic E-state index is 11.6. The smallest absolute Gasteiger partial charge is 0.339 e. The van der Waals surface area contributed by atoms with Crippen molar-refractivity contribution < 1.29 is 9.90 Å². The summed E-state index contributed by atoms with van der Waals surface area (Å²) in [6.45, 7) is 4.53. The molecule has 1 aromatic heterocycles. The lowest BCUT2D eigenvalue weighted by molar-refractivity contribution is 0.0696. The second kappa shape index (κ2) is 5.20. The molecule has 1 aliphatic rings. The number of aromatic nitrogens is 1. The first-order chi connectivity index (χ1) is 10.1. The molecule has 3 rings (SSSR count). The summed E-state index contributed by atoms with van der Waals surface area (Å²) in [4.78, 5) is 18.2. The Bertz CT molecular complexity index is 710. The molecule has 1 aliphatic heterocycles. The van der Waals surface area contributed by atoms with Crippen LogP contribution in [0.1, 0.15) is 33.6 Å². The summed E-state index contributed by atoms with van der Waals surface area (Å²) in [6.07, 6.45) is 2.03. The number of carboxylic acids is 1. The summed E-state index contributed by atoms with van der Waals surface area (Å²) in [5.74, 6) is -0.356. The number of benzene rings is 1. The standard InChI is InChI=1S/C17H18N2O2/c1-11-10-12(2)18-16(15(11)17(20)21)19-9-5-7-13-6-3-4-8-14(13)19/h3-4,6,8,10H,5,7,9H2,1-2H3,(H,20,21). The van der Waals surface area contributed by atoms with Crippen molar-refractivity contribution in [2.75, 3.05) is 11.4 Å². The first-order valence-corrected chi connectivity index (χ1v) is 7.15. The molecule has 2 aromatic rings. The van der Waals surface area contributed by atoms with E-state index in [0.717, 1.165) is 36.3 Å². The fourth-order valence-electron chi connectivity index (χ4n) is 3.03. The third kappa shape index (κ3) is 2.37. The van der Waals surface area contributed by atoms with Crippen LogP contribution >= 0.6 is 0 Å². The molecule has 0 fully saturated rings. The van der Waals surface area contributed by atoms with Crippen LogP contribution in [0.3, 0.4) is 0 Å². The molecule has 108 valence electrons. The van der Waals surface area contributed by atoms with E-state index in [1.54, 1.807) is 0 Å². The molecular weight excluding hydrogens is 264 g/mol. The van der Waals surface area contributed by atoms with Gasteiger partial charge in [-0.15, -0.1) is 0 Å². The highest BCUT2D eigenvalue weighted by molar-refractivity contribution is 5.96. The van der Waals surface area contributed by atoms with E-state index in [4.69, 9.17) is 0 Å². The Morgan fingerprint density at radius 2 is 2.05 bits per heavy atom. The average molecular weight is 282 g/mol. The Balaban J connectivity index is 2.20. The van der Waals surface area contributed by atoms with E-state index in [1.807, 2.05) is 43.0 Å². The quantitative estimate of drug-likeness (QED) is 0.916. The zero-order chi connectivity index (χ0) is 15.0. The van der Waals surface area contributed by atoms with Gasteiger partial charge in [0.1, 0.15) is 11.4 Å². The normalized spacial score (nSPS) is 13.9. The Labute approximate surface area is 124 Å². The third-order valence-electron chi connectivity index (χ3n) is 3.91. The number of pyridine rings is 1. The molecule has 0 saturated carbocycles. The molecule has 0 saturated heterocycles. The minimum atomic E-state index is -0.918. The number of aromatic carboxylic acids is 1. The van der Waals surface area contributed by atoms with Gasteiger partial charge in [0, 0.05) is 17.9 Å². The Morgan fingerprint density at radius 1 is 1.29 bits per heavy atom. The number of anilines is 2. The van der Waals surface area contributed by atoms with E-state index in [1.165, 1.54) is 5.56 Å². The molecular formula is C17H18N2O2. The predicted molar refractivity (Wildman–Crippen MR) is 82.4 cm³/mol. The van der Waals surface area contributed by atoms with Gasteiger partial charge < -0.3 is 10.0 Å². The van der Waals surface area contributed by atoms with Crippen LogP contribution in [-0.4, -0.2) is 22.6 Å². The minimum Gasteiger partial charge on any atom is -0.478 e. The van der Waals surface area contributed by atoms with Gasteiger partial charge in [-0.25, -0.2) is 9.78 Å². The lowest BCUT2D eigenvalue weighted by Crippen LogP contribution is -2.27. The molecule has 0 radical (unpaired) electrons. The third-order valence-corrected chi connectivity index (χ3v) is 3.91. The zero-order valence-electron chi connectivity index (χ0n) is 12.3. The number of rotatable bonds is 2. The van der Waals surface area contributed by atoms with Crippen molar-refractivity contribution in [2.45, 2.75) is 26.7 Å². The van der Waals surface area contributed by atoms with Crippen molar-refractivity contribution >= 4 is 17.5 Å². The predicted octanol–water partition coefficient (Wildman–Crippen LogP) is 3.48. The van der Waals surface area contributed by atoms with E-state index in [9.17, 15) is 9.90 Å². The first kappa shape index (κ1) is 13.6. The number of nitrogens with zero attached hydrogens (tertiary/aromatic N) is 2. The maximum atomic E-state index is 11.6. The number of carbonyl (C=O) groups is 1. The van der Waals surface area contributed by atoms with Crippen LogP contribution in [0.5, 0.6) is 0 Å². The molecule has 0 spiro atoms. The van der Waals surface area contributed by atoms with Crippen LogP contribution in [0.15, 0.2) is 30.3 Å². The van der Waals surface area contributed by atoms with Crippen molar-refractivity contribution in [3.63, 3.8) is 0 Å². The van der Waals surface area contributed by atoms with Gasteiger partial charge in [-0.05, 0) is 49.9 Å². The largest absolute Gasteiger partial charge is 0.478 e. The first-order valence-electron chi connectivity index (χ1n) is 7.15.